The minimum Gasteiger partial charge on any atom is -0.313 e. The van der Waals surface area contributed by atoms with E-state index in [1.165, 1.54) is 5.56 Å². The molecule has 1 N–H and O–H groups in total. The molecule has 0 bridgehead atoms. The molecule has 0 aliphatic carbocycles. The SMILES string of the molecule is CCCn1ncnc1CC(Cc1ccsc1)NCC. The fourth-order valence-electron chi connectivity index (χ4n) is 2.26. The first-order valence-electron chi connectivity index (χ1n) is 6.94. The van der Waals surface area contributed by atoms with Crippen LogP contribution in [0.15, 0.2) is 23.2 Å². The highest BCUT2D eigenvalue weighted by Gasteiger charge is 2.13. The van der Waals surface area contributed by atoms with E-state index in [1.807, 2.05) is 4.68 Å². The smallest absolute Gasteiger partial charge is 0.138 e. The number of likely N-dealkylation sites (N-methyl/N-ethyl adjacent to an activating group) is 1. The Morgan fingerprint density at radius 3 is 2.95 bits per heavy atom. The average molecular weight is 278 g/mol. The highest BCUT2D eigenvalue weighted by molar-refractivity contribution is 7.07. The van der Waals surface area contributed by atoms with E-state index in [1.54, 1.807) is 17.7 Å². The molecule has 0 saturated heterocycles. The Hall–Kier alpha value is -1.20. The van der Waals surface area contributed by atoms with Crippen LogP contribution in [0.4, 0.5) is 0 Å². The monoisotopic (exact) mass is 278 g/mol. The molecule has 5 heteroatoms. The van der Waals surface area contributed by atoms with Gasteiger partial charge in [-0.1, -0.05) is 13.8 Å². The Bertz CT molecular complexity index is 464. The van der Waals surface area contributed by atoms with Crippen molar-refractivity contribution >= 4 is 11.3 Å². The largest absolute Gasteiger partial charge is 0.313 e. The predicted octanol–water partition coefficient (Wildman–Crippen LogP) is 2.51. The molecule has 19 heavy (non-hydrogen) atoms. The van der Waals surface area contributed by atoms with Gasteiger partial charge in [0.05, 0.1) is 0 Å². The Balaban J connectivity index is 2.01. The summed E-state index contributed by atoms with van der Waals surface area (Å²) in [6.45, 7) is 6.25. The lowest BCUT2D eigenvalue weighted by Crippen LogP contribution is -2.34. The number of nitrogens with one attached hydrogen (secondary N) is 1. The topological polar surface area (TPSA) is 42.7 Å². The highest BCUT2D eigenvalue weighted by Crippen LogP contribution is 2.11. The van der Waals surface area contributed by atoms with Gasteiger partial charge in [0.2, 0.25) is 0 Å². The van der Waals surface area contributed by atoms with Crippen molar-refractivity contribution in [3.8, 4) is 0 Å². The van der Waals surface area contributed by atoms with Crippen molar-refractivity contribution in [1.82, 2.24) is 20.1 Å². The number of aromatic nitrogens is 3. The summed E-state index contributed by atoms with van der Waals surface area (Å²) < 4.78 is 2.03. The zero-order valence-electron chi connectivity index (χ0n) is 11.7. The van der Waals surface area contributed by atoms with Crippen LogP contribution in [-0.2, 0) is 19.4 Å². The first-order valence-corrected chi connectivity index (χ1v) is 7.88. The van der Waals surface area contributed by atoms with Crippen molar-refractivity contribution in [2.24, 2.45) is 0 Å². The molecule has 2 rings (SSSR count). The summed E-state index contributed by atoms with van der Waals surface area (Å²) in [7, 11) is 0. The minimum atomic E-state index is 0.430. The maximum Gasteiger partial charge on any atom is 0.138 e. The van der Waals surface area contributed by atoms with Gasteiger partial charge in [0, 0.05) is 19.0 Å². The van der Waals surface area contributed by atoms with Gasteiger partial charge in [-0.2, -0.15) is 16.4 Å². The Morgan fingerprint density at radius 2 is 2.26 bits per heavy atom. The predicted molar refractivity (Wildman–Crippen MR) is 79.5 cm³/mol. The molecule has 0 radical (unpaired) electrons. The molecular weight excluding hydrogens is 256 g/mol. The van der Waals surface area contributed by atoms with Crippen LogP contribution in [-0.4, -0.2) is 27.4 Å². The van der Waals surface area contributed by atoms with E-state index in [-0.39, 0.29) is 0 Å². The molecule has 0 fully saturated rings. The van der Waals surface area contributed by atoms with Gasteiger partial charge in [-0.25, -0.2) is 4.98 Å². The molecule has 0 amide bonds. The molecule has 2 aromatic rings. The summed E-state index contributed by atoms with van der Waals surface area (Å²) in [5, 5.41) is 12.2. The number of aryl methyl sites for hydroxylation is 1. The number of rotatable bonds is 8. The molecule has 0 aliphatic rings. The first-order chi connectivity index (χ1) is 9.33. The quantitative estimate of drug-likeness (QED) is 0.807. The van der Waals surface area contributed by atoms with Gasteiger partial charge in [-0.05, 0) is 41.8 Å². The van der Waals surface area contributed by atoms with Crippen LogP contribution in [0.5, 0.6) is 0 Å². The standard InChI is InChI=1S/C14H22N4S/c1-3-6-18-14(16-11-17-18)9-13(15-4-2)8-12-5-7-19-10-12/h5,7,10-11,13,15H,3-4,6,8-9H2,1-2H3. The zero-order valence-corrected chi connectivity index (χ0v) is 12.5. The fraction of sp³-hybridized carbons (Fsp3) is 0.571. The average Bonchev–Trinajstić information content (AvgIpc) is 3.03. The van der Waals surface area contributed by atoms with Crippen molar-refractivity contribution in [2.45, 2.75) is 45.7 Å². The summed E-state index contributed by atoms with van der Waals surface area (Å²) in [6, 6.07) is 2.63. The molecule has 0 aromatic carbocycles. The van der Waals surface area contributed by atoms with Crippen LogP contribution in [0.3, 0.4) is 0 Å². The van der Waals surface area contributed by atoms with E-state index < -0.39 is 0 Å². The maximum absolute atomic E-state index is 4.40. The van der Waals surface area contributed by atoms with Crippen LogP contribution in [0.1, 0.15) is 31.7 Å². The lowest BCUT2D eigenvalue weighted by molar-refractivity contribution is 0.482. The van der Waals surface area contributed by atoms with E-state index in [0.717, 1.165) is 38.2 Å². The highest BCUT2D eigenvalue weighted by atomic mass is 32.1. The summed E-state index contributed by atoms with van der Waals surface area (Å²) in [4.78, 5) is 4.40. The molecule has 0 aliphatic heterocycles. The van der Waals surface area contributed by atoms with E-state index in [0.29, 0.717) is 6.04 Å². The Morgan fingerprint density at radius 1 is 1.37 bits per heavy atom. The number of thiophene rings is 1. The molecule has 2 heterocycles. The Kier molecular flexibility index (Phi) is 5.54. The molecule has 2 aromatic heterocycles. The van der Waals surface area contributed by atoms with Crippen LogP contribution in [0, 0.1) is 0 Å². The van der Waals surface area contributed by atoms with Gasteiger partial charge in [-0.15, -0.1) is 0 Å². The van der Waals surface area contributed by atoms with Gasteiger partial charge in [-0.3, -0.25) is 4.68 Å². The molecule has 1 unspecified atom stereocenters. The van der Waals surface area contributed by atoms with Crippen LogP contribution in [0.2, 0.25) is 0 Å². The number of hydrogen-bond acceptors (Lipinski definition) is 4. The van der Waals surface area contributed by atoms with Crippen LogP contribution in [0.25, 0.3) is 0 Å². The van der Waals surface area contributed by atoms with Crippen molar-refractivity contribution in [2.75, 3.05) is 6.54 Å². The number of hydrogen-bond donors (Lipinski definition) is 1. The molecule has 1 atom stereocenters. The number of nitrogens with zero attached hydrogens (tertiary/aromatic N) is 3. The lowest BCUT2D eigenvalue weighted by atomic mass is 10.1. The third kappa shape index (κ3) is 4.14. The molecule has 0 saturated carbocycles. The summed E-state index contributed by atoms with van der Waals surface area (Å²) in [5.74, 6) is 1.09. The lowest BCUT2D eigenvalue weighted by Gasteiger charge is -2.17. The Labute approximate surface area is 118 Å². The van der Waals surface area contributed by atoms with Crippen molar-refractivity contribution in [1.29, 1.82) is 0 Å². The van der Waals surface area contributed by atoms with E-state index in [2.05, 4.69) is 46.1 Å². The van der Waals surface area contributed by atoms with Gasteiger partial charge >= 0.3 is 0 Å². The van der Waals surface area contributed by atoms with Crippen molar-refractivity contribution in [3.63, 3.8) is 0 Å². The van der Waals surface area contributed by atoms with Gasteiger partial charge < -0.3 is 5.32 Å². The second-order valence-electron chi connectivity index (χ2n) is 4.69. The summed E-state index contributed by atoms with van der Waals surface area (Å²) in [5.41, 5.74) is 1.40. The molecule has 4 nitrogen and oxygen atoms in total. The summed E-state index contributed by atoms with van der Waals surface area (Å²) >= 11 is 1.76. The molecular formula is C14H22N4S. The molecule has 104 valence electrons. The minimum absolute atomic E-state index is 0.430. The van der Waals surface area contributed by atoms with Gasteiger partial charge in [0.15, 0.2) is 0 Å². The third-order valence-electron chi connectivity index (χ3n) is 3.12. The fourth-order valence-corrected chi connectivity index (χ4v) is 2.95. The normalized spacial score (nSPS) is 12.7. The van der Waals surface area contributed by atoms with Gasteiger partial charge in [0.25, 0.3) is 0 Å². The van der Waals surface area contributed by atoms with Crippen molar-refractivity contribution < 1.29 is 0 Å². The van der Waals surface area contributed by atoms with E-state index in [9.17, 15) is 0 Å². The second kappa shape index (κ2) is 7.40. The van der Waals surface area contributed by atoms with Gasteiger partial charge in [0.1, 0.15) is 12.2 Å². The first kappa shape index (κ1) is 14.2. The van der Waals surface area contributed by atoms with Crippen LogP contribution < -0.4 is 5.32 Å². The molecule has 0 spiro atoms. The maximum atomic E-state index is 4.40. The van der Waals surface area contributed by atoms with Crippen molar-refractivity contribution in [3.05, 3.63) is 34.5 Å². The zero-order chi connectivity index (χ0) is 13.5. The van der Waals surface area contributed by atoms with Crippen LogP contribution >= 0.6 is 11.3 Å². The summed E-state index contributed by atoms with van der Waals surface area (Å²) in [6.07, 6.45) is 4.74. The van der Waals surface area contributed by atoms with E-state index in [4.69, 9.17) is 0 Å². The van der Waals surface area contributed by atoms with E-state index >= 15 is 0 Å². The third-order valence-corrected chi connectivity index (χ3v) is 3.85. The second-order valence-corrected chi connectivity index (χ2v) is 5.47.